The van der Waals surface area contributed by atoms with Crippen molar-refractivity contribution >= 4 is 0 Å². The van der Waals surface area contributed by atoms with Gasteiger partial charge < -0.3 is 4.74 Å². The molecule has 0 aromatic heterocycles. The first-order chi connectivity index (χ1) is 9.57. The highest BCUT2D eigenvalue weighted by atomic mass is 19.4. The molecule has 0 saturated carbocycles. The van der Waals surface area contributed by atoms with E-state index in [2.05, 4.69) is 0 Å². The van der Waals surface area contributed by atoms with Gasteiger partial charge in [-0.05, 0) is 25.7 Å². The zero-order valence-corrected chi connectivity index (χ0v) is 11.2. The molecule has 1 nitrogen and oxygen atoms in total. The second kappa shape index (κ2) is 9.42. The van der Waals surface area contributed by atoms with Crippen LogP contribution < -0.4 is 0 Å². The largest absolute Gasteiger partial charge is 0.391 e. The van der Waals surface area contributed by atoms with Crippen molar-refractivity contribution in [3.63, 3.8) is 0 Å². The van der Waals surface area contributed by atoms with Gasteiger partial charge in [0, 0.05) is 0 Å². The van der Waals surface area contributed by atoms with Gasteiger partial charge in [-0.2, -0.15) is 26.3 Å². The molecular weight excluding hydrogens is 312 g/mol. The van der Waals surface area contributed by atoms with Gasteiger partial charge >= 0.3 is 12.4 Å². The van der Waals surface area contributed by atoms with Gasteiger partial charge in [0.05, 0.1) is 38.4 Å². The summed E-state index contributed by atoms with van der Waals surface area (Å²) in [4.78, 5) is 0. The summed E-state index contributed by atoms with van der Waals surface area (Å²) in [6, 6.07) is 0. The predicted octanol–water partition coefficient (Wildman–Crippen LogP) is 5.14. The van der Waals surface area contributed by atoms with Crippen molar-refractivity contribution in [2.75, 3.05) is 13.3 Å². The minimum Gasteiger partial charge on any atom is -0.374 e. The number of hydrogen-bond donors (Lipinski definition) is 0. The fourth-order valence-electron chi connectivity index (χ4n) is 1.83. The van der Waals surface area contributed by atoms with E-state index in [1.807, 2.05) is 0 Å². The molecule has 2 unspecified atom stereocenters. The van der Waals surface area contributed by atoms with Crippen molar-refractivity contribution in [3.8, 4) is 0 Å². The molecule has 0 aromatic carbocycles. The molecule has 0 aromatic rings. The average Bonchev–Trinajstić information content (AvgIpc) is 2.29. The highest BCUT2D eigenvalue weighted by molar-refractivity contribution is 4.71. The summed E-state index contributed by atoms with van der Waals surface area (Å²) >= 11 is 0. The first-order valence-electron chi connectivity index (χ1n) is 6.48. The van der Waals surface area contributed by atoms with Crippen LogP contribution in [0, 0.1) is 0 Å². The van der Waals surface area contributed by atoms with E-state index in [1.54, 1.807) is 0 Å². The zero-order chi connectivity index (χ0) is 16.5. The molecule has 0 saturated heterocycles. The van der Waals surface area contributed by atoms with E-state index in [-0.39, 0.29) is 25.7 Å². The maximum absolute atomic E-state index is 12.3. The third kappa shape index (κ3) is 12.8. The summed E-state index contributed by atoms with van der Waals surface area (Å²) in [5.74, 6) is 0. The van der Waals surface area contributed by atoms with Crippen LogP contribution in [-0.4, -0.2) is 37.9 Å². The quantitative estimate of drug-likeness (QED) is 0.504. The van der Waals surface area contributed by atoms with E-state index < -0.39 is 50.8 Å². The van der Waals surface area contributed by atoms with E-state index in [9.17, 15) is 35.1 Å². The predicted molar refractivity (Wildman–Crippen MR) is 60.4 cm³/mol. The third-order valence-electron chi connectivity index (χ3n) is 2.62. The number of ether oxygens (including phenoxy) is 1. The van der Waals surface area contributed by atoms with Crippen LogP contribution in [0.3, 0.4) is 0 Å². The minimum absolute atomic E-state index is 0.234. The molecule has 0 bridgehead atoms. The van der Waals surface area contributed by atoms with Crippen LogP contribution in [0.25, 0.3) is 0 Å². The maximum atomic E-state index is 12.3. The summed E-state index contributed by atoms with van der Waals surface area (Å²) in [7, 11) is 0. The molecule has 0 radical (unpaired) electrons. The van der Waals surface area contributed by atoms with Crippen LogP contribution in [-0.2, 0) is 4.74 Å². The molecule has 0 heterocycles. The standard InChI is InChI=1S/C12H18F8O/c13-5-1-3-9(7-11(15,16)17)21-10(4-2-6-14)8-12(18,19)20/h9-10H,1-8H2. The van der Waals surface area contributed by atoms with Crippen molar-refractivity contribution in [1.82, 2.24) is 0 Å². The topological polar surface area (TPSA) is 9.23 Å². The number of alkyl halides is 8. The normalized spacial score (nSPS) is 16.0. The molecule has 2 atom stereocenters. The van der Waals surface area contributed by atoms with Gasteiger partial charge in [0.1, 0.15) is 0 Å². The summed E-state index contributed by atoms with van der Waals surface area (Å²) < 4.78 is 103. The lowest BCUT2D eigenvalue weighted by molar-refractivity contribution is -0.192. The van der Waals surface area contributed by atoms with E-state index >= 15 is 0 Å². The Labute approximate surface area is 117 Å². The SMILES string of the molecule is FCCCC(CC(F)(F)F)OC(CCCF)CC(F)(F)F. The van der Waals surface area contributed by atoms with Crippen LogP contribution >= 0.6 is 0 Å². The van der Waals surface area contributed by atoms with Gasteiger partial charge in [0.25, 0.3) is 0 Å². The molecule has 0 fully saturated rings. The Balaban J connectivity index is 4.66. The molecule has 9 heteroatoms. The lowest BCUT2D eigenvalue weighted by Gasteiger charge is -2.26. The van der Waals surface area contributed by atoms with E-state index in [0.717, 1.165) is 0 Å². The first-order valence-corrected chi connectivity index (χ1v) is 6.48. The van der Waals surface area contributed by atoms with Crippen molar-refractivity contribution in [2.45, 2.75) is 63.1 Å². The lowest BCUT2D eigenvalue weighted by Crippen LogP contribution is -2.31. The van der Waals surface area contributed by atoms with E-state index in [0.29, 0.717) is 0 Å². The molecule has 0 amide bonds. The monoisotopic (exact) mass is 330 g/mol. The molecule has 128 valence electrons. The Morgan fingerprint density at radius 3 is 1.24 bits per heavy atom. The average molecular weight is 330 g/mol. The molecule has 21 heavy (non-hydrogen) atoms. The fraction of sp³-hybridized carbons (Fsp3) is 1.00. The van der Waals surface area contributed by atoms with Gasteiger partial charge in [-0.1, -0.05) is 0 Å². The minimum atomic E-state index is -4.62. The molecule has 0 aliphatic rings. The number of hydrogen-bond acceptors (Lipinski definition) is 1. The highest BCUT2D eigenvalue weighted by Crippen LogP contribution is 2.30. The van der Waals surface area contributed by atoms with Gasteiger partial charge in [0.15, 0.2) is 0 Å². The Kier molecular flexibility index (Phi) is 9.15. The maximum Gasteiger partial charge on any atom is 0.391 e. The van der Waals surface area contributed by atoms with Crippen molar-refractivity contribution in [3.05, 3.63) is 0 Å². The first kappa shape index (κ1) is 20.4. The summed E-state index contributed by atoms with van der Waals surface area (Å²) in [6.45, 7) is -1.77. The van der Waals surface area contributed by atoms with Crippen molar-refractivity contribution in [2.24, 2.45) is 0 Å². The summed E-state index contributed by atoms with van der Waals surface area (Å²) in [5.41, 5.74) is 0. The third-order valence-corrected chi connectivity index (χ3v) is 2.62. The van der Waals surface area contributed by atoms with E-state index in [1.165, 1.54) is 0 Å². The second-order valence-electron chi connectivity index (χ2n) is 4.68. The van der Waals surface area contributed by atoms with Crippen LogP contribution in [0.1, 0.15) is 38.5 Å². The Morgan fingerprint density at radius 1 is 0.667 bits per heavy atom. The Bertz CT molecular complexity index is 237. The zero-order valence-electron chi connectivity index (χ0n) is 11.2. The summed E-state index contributed by atoms with van der Waals surface area (Å²) in [5, 5.41) is 0. The molecule has 0 spiro atoms. The van der Waals surface area contributed by atoms with Crippen molar-refractivity contribution in [1.29, 1.82) is 0 Å². The van der Waals surface area contributed by atoms with Crippen LogP contribution in [0.2, 0.25) is 0 Å². The number of rotatable bonds is 10. The van der Waals surface area contributed by atoms with Gasteiger partial charge in [-0.3, -0.25) is 8.78 Å². The highest BCUT2D eigenvalue weighted by Gasteiger charge is 2.37. The van der Waals surface area contributed by atoms with Crippen molar-refractivity contribution < 1.29 is 39.9 Å². The molecule has 0 aliphatic carbocycles. The van der Waals surface area contributed by atoms with Gasteiger partial charge in [-0.15, -0.1) is 0 Å². The molecule has 0 aliphatic heterocycles. The molecular formula is C12H18F8O. The summed E-state index contributed by atoms with van der Waals surface area (Å²) in [6.07, 6.45) is -16.4. The lowest BCUT2D eigenvalue weighted by atomic mass is 10.1. The fourth-order valence-corrected chi connectivity index (χ4v) is 1.83. The van der Waals surface area contributed by atoms with E-state index in [4.69, 9.17) is 4.74 Å². The number of halogens is 8. The van der Waals surface area contributed by atoms with Gasteiger partial charge in [0.2, 0.25) is 0 Å². The second-order valence-corrected chi connectivity index (χ2v) is 4.68. The smallest absolute Gasteiger partial charge is 0.374 e. The van der Waals surface area contributed by atoms with Gasteiger partial charge in [-0.25, -0.2) is 0 Å². The molecule has 0 rings (SSSR count). The van der Waals surface area contributed by atoms with Crippen LogP contribution in [0.15, 0.2) is 0 Å². The Hall–Kier alpha value is -0.600. The van der Waals surface area contributed by atoms with Crippen LogP contribution in [0.5, 0.6) is 0 Å². The van der Waals surface area contributed by atoms with Crippen LogP contribution in [0.4, 0.5) is 35.1 Å². The molecule has 0 N–H and O–H groups in total. The Morgan fingerprint density at radius 2 is 1.00 bits per heavy atom.